The number of carboxylic acid groups (broad SMARTS) is 1. The van der Waals surface area contributed by atoms with Crippen molar-refractivity contribution < 1.29 is 30.9 Å². The Morgan fingerprint density at radius 2 is 2.09 bits per heavy atom. The molecule has 1 rings (SSSR count). The van der Waals surface area contributed by atoms with Crippen LogP contribution in [-0.2, 0) is 21.0 Å². The van der Waals surface area contributed by atoms with Crippen LogP contribution >= 0.6 is 0 Å². The summed E-state index contributed by atoms with van der Waals surface area (Å²) in [7, 11) is 0. The first kappa shape index (κ1) is 10.0. The molecule has 0 bridgehead atoms. The van der Waals surface area contributed by atoms with E-state index >= 15 is 0 Å². The van der Waals surface area contributed by atoms with Gasteiger partial charge in [-0.25, -0.2) is 9.78 Å². The van der Waals surface area contributed by atoms with Crippen LogP contribution in [0.3, 0.4) is 0 Å². The van der Waals surface area contributed by atoms with Gasteiger partial charge in [0.2, 0.25) is 0 Å². The summed E-state index contributed by atoms with van der Waals surface area (Å²) in [4.78, 5) is 13.7. The molecule has 1 N–H and O–H groups in total. The molecule has 0 saturated heterocycles. The molecule has 1 aromatic rings. The number of nitrogens with zero attached hydrogens (tertiary/aromatic N) is 1. The topological polar surface area (TPSA) is 67.3 Å². The van der Waals surface area contributed by atoms with Gasteiger partial charge in [-0.15, -0.1) is 0 Å². The number of rotatable bonds is 1. The van der Waals surface area contributed by atoms with E-state index in [0.717, 1.165) is 17.4 Å². The molecule has 0 atom stereocenters. The summed E-state index contributed by atoms with van der Waals surface area (Å²) in [6.07, 6.45) is 1.45. The molecule has 0 spiro atoms. The molecule has 57 valence electrons. The van der Waals surface area contributed by atoms with E-state index in [1.165, 1.54) is 12.3 Å². The third-order valence-corrected chi connectivity index (χ3v) is 0.884. The summed E-state index contributed by atoms with van der Waals surface area (Å²) in [5.41, 5.74) is 0.0810. The van der Waals surface area contributed by atoms with E-state index < -0.39 is 5.97 Å². The van der Waals surface area contributed by atoms with E-state index in [0.29, 0.717) is 0 Å². The predicted octanol–water partition coefficient (Wildman–Crippen LogP) is 0.658. The van der Waals surface area contributed by atoms with E-state index in [1.54, 1.807) is 12.1 Å². The maximum atomic E-state index is 10.1. The van der Waals surface area contributed by atoms with Gasteiger partial charge in [-0.05, 0) is 12.1 Å². The molecular weight excluding hydrogens is 185 g/mol. The second-order valence-corrected chi connectivity index (χ2v) is 1.52. The normalized spacial score (nSPS) is 7.55. The SMILES string of the molecule is O=C(O)c1ccccn1.[O]=[V]. The van der Waals surface area contributed by atoms with Crippen LogP contribution in [0.1, 0.15) is 10.5 Å². The van der Waals surface area contributed by atoms with Crippen molar-refractivity contribution in [2.75, 3.05) is 0 Å². The molecule has 5 heteroatoms. The Morgan fingerprint density at radius 1 is 1.45 bits per heavy atom. The number of carboxylic acids is 1. The molecule has 0 aliphatic heterocycles. The van der Waals surface area contributed by atoms with Crippen molar-refractivity contribution in [2.24, 2.45) is 0 Å². The Kier molecular flexibility index (Phi) is 5.24. The zero-order chi connectivity index (χ0) is 8.69. The van der Waals surface area contributed by atoms with Gasteiger partial charge in [0.05, 0.1) is 0 Å². The van der Waals surface area contributed by atoms with Crippen molar-refractivity contribution in [3.05, 3.63) is 30.1 Å². The van der Waals surface area contributed by atoms with Crippen LogP contribution in [0.5, 0.6) is 0 Å². The van der Waals surface area contributed by atoms with Crippen LogP contribution in [0.25, 0.3) is 0 Å². The van der Waals surface area contributed by atoms with Gasteiger partial charge in [0.25, 0.3) is 0 Å². The molecule has 0 radical (unpaired) electrons. The quantitative estimate of drug-likeness (QED) is 0.706. The predicted molar refractivity (Wildman–Crippen MR) is 31.9 cm³/mol. The van der Waals surface area contributed by atoms with E-state index in [1.807, 2.05) is 0 Å². The Morgan fingerprint density at radius 3 is 2.36 bits per heavy atom. The van der Waals surface area contributed by atoms with E-state index in [4.69, 9.17) is 8.78 Å². The standard InChI is InChI=1S/C6H5NO2.O.V/c8-6(9)5-3-1-2-4-7-5;;/h1-4H,(H,8,9);;. The third kappa shape index (κ3) is 3.65. The third-order valence-electron chi connectivity index (χ3n) is 0.884. The van der Waals surface area contributed by atoms with Crippen molar-refractivity contribution in [3.63, 3.8) is 0 Å². The zero-order valence-corrected chi connectivity index (χ0v) is 6.86. The van der Waals surface area contributed by atoms with Crippen LogP contribution in [0.15, 0.2) is 24.4 Å². The number of aromatic nitrogens is 1. The maximum absolute atomic E-state index is 10.1. The van der Waals surface area contributed by atoms with Crippen molar-refractivity contribution in [1.82, 2.24) is 4.98 Å². The van der Waals surface area contributed by atoms with Crippen LogP contribution in [0.2, 0.25) is 0 Å². The van der Waals surface area contributed by atoms with Gasteiger partial charge in [0, 0.05) is 6.20 Å². The number of aromatic carboxylic acids is 1. The second kappa shape index (κ2) is 5.76. The van der Waals surface area contributed by atoms with E-state index in [2.05, 4.69) is 4.98 Å². The first-order chi connectivity index (χ1) is 5.30. The summed E-state index contributed by atoms with van der Waals surface area (Å²) in [6.45, 7) is 0. The first-order valence-corrected chi connectivity index (χ1v) is 3.20. The Bertz CT molecular complexity index is 227. The fourth-order valence-corrected chi connectivity index (χ4v) is 0.489. The zero-order valence-electron chi connectivity index (χ0n) is 5.47. The van der Waals surface area contributed by atoms with Gasteiger partial charge < -0.3 is 5.11 Å². The van der Waals surface area contributed by atoms with Gasteiger partial charge >= 0.3 is 27.0 Å². The molecule has 0 fully saturated rings. The summed E-state index contributed by atoms with van der Waals surface area (Å²) in [5.74, 6) is -0.990. The summed E-state index contributed by atoms with van der Waals surface area (Å²) >= 11 is 1.06. The van der Waals surface area contributed by atoms with Gasteiger partial charge in [-0.2, -0.15) is 0 Å². The van der Waals surface area contributed by atoms with Gasteiger partial charge in [0.1, 0.15) is 5.69 Å². The van der Waals surface area contributed by atoms with Crippen molar-refractivity contribution in [1.29, 1.82) is 0 Å². The van der Waals surface area contributed by atoms with Crippen LogP contribution in [-0.4, -0.2) is 16.1 Å². The number of hydrogen-bond acceptors (Lipinski definition) is 3. The minimum absolute atomic E-state index is 0.0810. The van der Waals surface area contributed by atoms with Gasteiger partial charge in [-0.1, -0.05) is 6.07 Å². The molecule has 0 aromatic carbocycles. The molecule has 11 heavy (non-hydrogen) atoms. The molecule has 0 aliphatic carbocycles. The van der Waals surface area contributed by atoms with Crippen LogP contribution < -0.4 is 0 Å². The summed E-state index contributed by atoms with van der Waals surface area (Å²) in [6, 6.07) is 4.76. The van der Waals surface area contributed by atoms with E-state index in [-0.39, 0.29) is 5.69 Å². The Hall–Kier alpha value is -0.996. The molecular formula is C6H5NO3V. The van der Waals surface area contributed by atoms with Crippen LogP contribution in [0.4, 0.5) is 0 Å². The number of pyridine rings is 1. The minimum atomic E-state index is -0.990. The fraction of sp³-hybridized carbons (Fsp3) is 0. The molecule has 0 saturated carbocycles. The average molecular weight is 190 g/mol. The Balaban J connectivity index is 0.000000461. The first-order valence-electron chi connectivity index (χ1n) is 2.63. The fourth-order valence-electron chi connectivity index (χ4n) is 0.489. The van der Waals surface area contributed by atoms with E-state index in [9.17, 15) is 4.79 Å². The van der Waals surface area contributed by atoms with Crippen molar-refractivity contribution >= 4 is 5.97 Å². The van der Waals surface area contributed by atoms with Crippen molar-refractivity contribution in [2.45, 2.75) is 0 Å². The molecule has 0 amide bonds. The summed E-state index contributed by atoms with van der Waals surface area (Å²) in [5, 5.41) is 8.32. The number of hydrogen-bond donors (Lipinski definition) is 1. The average Bonchev–Trinajstić information content (AvgIpc) is 2.10. The van der Waals surface area contributed by atoms with Crippen LogP contribution in [0, 0.1) is 0 Å². The molecule has 0 unspecified atom stereocenters. The molecule has 1 heterocycles. The summed E-state index contributed by atoms with van der Waals surface area (Å²) < 4.78 is 8.19. The van der Waals surface area contributed by atoms with Gasteiger partial charge in [-0.3, -0.25) is 0 Å². The van der Waals surface area contributed by atoms with Gasteiger partial charge in [0.15, 0.2) is 0 Å². The second-order valence-electron chi connectivity index (χ2n) is 1.52. The monoisotopic (exact) mass is 190 g/mol. The Labute approximate surface area is 72.5 Å². The molecule has 1 aromatic heterocycles. The number of carbonyl (C=O) groups is 1. The van der Waals surface area contributed by atoms with Crippen molar-refractivity contribution in [3.8, 4) is 0 Å². The molecule has 4 nitrogen and oxygen atoms in total. The molecule has 0 aliphatic rings.